The number of thiophene rings is 1. The summed E-state index contributed by atoms with van der Waals surface area (Å²) in [6, 6.07) is 3.07. The van der Waals surface area contributed by atoms with Crippen molar-refractivity contribution in [2.75, 3.05) is 53.0 Å². The van der Waals surface area contributed by atoms with E-state index in [1.807, 2.05) is 0 Å². The number of nitrogens with one attached hydrogen (secondary N) is 3. The van der Waals surface area contributed by atoms with E-state index >= 15 is 0 Å². The molecule has 0 atom stereocenters. The molecule has 1 aromatic heterocycles. The molecule has 1 saturated heterocycles. The smallest absolute Gasteiger partial charge is 0.250 e. The third kappa shape index (κ3) is 6.88. The Labute approximate surface area is 170 Å². The van der Waals surface area contributed by atoms with Gasteiger partial charge in [-0.1, -0.05) is 11.6 Å². The highest BCUT2D eigenvalue weighted by molar-refractivity contribution is 7.91. The molecule has 0 aliphatic carbocycles. The van der Waals surface area contributed by atoms with Gasteiger partial charge in [-0.15, -0.1) is 11.3 Å². The lowest BCUT2D eigenvalue weighted by atomic mass is 10.0. The fourth-order valence-electron chi connectivity index (χ4n) is 2.68. The summed E-state index contributed by atoms with van der Waals surface area (Å²) in [6.07, 6.45) is 0. The predicted molar refractivity (Wildman–Crippen MR) is 110 cm³/mol. The third-order valence-corrected chi connectivity index (χ3v) is 7.49. The van der Waals surface area contributed by atoms with Crippen molar-refractivity contribution in [2.45, 2.75) is 23.6 Å². The maximum atomic E-state index is 12.1. The molecule has 0 bridgehead atoms. The van der Waals surface area contributed by atoms with Gasteiger partial charge in [0.05, 0.1) is 17.6 Å². The molecule has 0 saturated carbocycles. The van der Waals surface area contributed by atoms with E-state index in [2.05, 4.69) is 39.1 Å². The molecule has 154 valence electrons. The molecule has 0 aromatic carbocycles. The molecule has 11 heteroatoms. The number of hydrogen-bond donors (Lipinski definition) is 3. The van der Waals surface area contributed by atoms with E-state index in [0.717, 1.165) is 37.6 Å². The number of nitrogens with zero attached hydrogens (tertiary/aromatic N) is 2. The standard InChI is InChI=1S/C16H28ClN5O3S2/c1-16(2,22-8-10-25-11-9-22)12-20-15(18-3)19-6-7-21-27(23,24)14-5-4-13(17)26-14/h4-5,21H,6-12H2,1-3H3,(H2,18,19,20). The number of rotatable bonds is 8. The molecule has 0 unspecified atom stereocenters. The largest absolute Gasteiger partial charge is 0.379 e. The van der Waals surface area contributed by atoms with Crippen LogP contribution in [-0.4, -0.2) is 77.8 Å². The van der Waals surface area contributed by atoms with Crippen molar-refractivity contribution in [1.29, 1.82) is 0 Å². The van der Waals surface area contributed by atoms with Crippen molar-refractivity contribution >= 4 is 38.9 Å². The predicted octanol–water partition coefficient (Wildman–Crippen LogP) is 0.956. The molecule has 0 radical (unpaired) electrons. The molecule has 0 spiro atoms. The molecule has 0 amide bonds. The monoisotopic (exact) mass is 437 g/mol. The summed E-state index contributed by atoms with van der Waals surface area (Å²) in [5, 5.41) is 6.42. The van der Waals surface area contributed by atoms with Gasteiger partial charge in [-0.05, 0) is 26.0 Å². The maximum Gasteiger partial charge on any atom is 0.250 e. The molecule has 1 fully saturated rings. The van der Waals surface area contributed by atoms with Gasteiger partial charge >= 0.3 is 0 Å². The fourth-order valence-corrected chi connectivity index (χ4v) is 5.24. The minimum absolute atomic E-state index is 0.0402. The Bertz CT molecular complexity index is 730. The van der Waals surface area contributed by atoms with Gasteiger partial charge in [0.15, 0.2) is 5.96 Å². The first-order valence-electron chi connectivity index (χ1n) is 8.77. The van der Waals surface area contributed by atoms with Crippen molar-refractivity contribution in [2.24, 2.45) is 4.99 Å². The zero-order chi connectivity index (χ0) is 19.9. The Morgan fingerprint density at radius 1 is 1.30 bits per heavy atom. The quantitative estimate of drug-likeness (QED) is 0.318. The van der Waals surface area contributed by atoms with Crippen LogP contribution < -0.4 is 15.4 Å². The van der Waals surface area contributed by atoms with E-state index in [1.54, 1.807) is 13.1 Å². The van der Waals surface area contributed by atoms with Crippen LogP contribution in [0.15, 0.2) is 21.3 Å². The third-order valence-electron chi connectivity index (χ3n) is 4.30. The maximum absolute atomic E-state index is 12.1. The number of halogens is 1. The van der Waals surface area contributed by atoms with E-state index in [4.69, 9.17) is 16.3 Å². The molecular formula is C16H28ClN5O3S2. The Morgan fingerprint density at radius 3 is 2.59 bits per heavy atom. The van der Waals surface area contributed by atoms with Gasteiger partial charge in [-0.3, -0.25) is 9.89 Å². The van der Waals surface area contributed by atoms with Crippen molar-refractivity contribution in [1.82, 2.24) is 20.3 Å². The highest BCUT2D eigenvalue weighted by Crippen LogP contribution is 2.25. The zero-order valence-corrected chi connectivity index (χ0v) is 18.3. The van der Waals surface area contributed by atoms with Crippen molar-refractivity contribution < 1.29 is 13.2 Å². The summed E-state index contributed by atoms with van der Waals surface area (Å²) in [5.41, 5.74) is -0.0402. The zero-order valence-electron chi connectivity index (χ0n) is 15.9. The molecule has 3 N–H and O–H groups in total. The van der Waals surface area contributed by atoms with Crippen LogP contribution in [0.25, 0.3) is 0 Å². The van der Waals surface area contributed by atoms with Gasteiger partial charge in [0, 0.05) is 45.3 Å². The molecule has 1 aliphatic rings. The van der Waals surface area contributed by atoms with Crippen molar-refractivity contribution in [3.63, 3.8) is 0 Å². The van der Waals surface area contributed by atoms with Crippen LogP contribution in [0.4, 0.5) is 0 Å². The fraction of sp³-hybridized carbons (Fsp3) is 0.688. The van der Waals surface area contributed by atoms with Crippen molar-refractivity contribution in [3.8, 4) is 0 Å². The van der Waals surface area contributed by atoms with Gasteiger partial charge in [0.2, 0.25) is 10.0 Å². The lowest BCUT2D eigenvalue weighted by molar-refractivity contribution is -0.00833. The molecular weight excluding hydrogens is 410 g/mol. The topological polar surface area (TPSA) is 95.1 Å². The average molecular weight is 438 g/mol. The molecule has 2 rings (SSSR count). The van der Waals surface area contributed by atoms with Crippen LogP contribution in [0.5, 0.6) is 0 Å². The van der Waals surface area contributed by atoms with Crippen LogP contribution in [0.3, 0.4) is 0 Å². The Kier molecular flexibility index (Phi) is 8.32. The van der Waals surface area contributed by atoms with Crippen LogP contribution in [0.1, 0.15) is 13.8 Å². The molecule has 2 heterocycles. The lowest BCUT2D eigenvalue weighted by Crippen LogP contribution is -2.56. The number of guanidine groups is 1. The molecule has 27 heavy (non-hydrogen) atoms. The Morgan fingerprint density at radius 2 is 2.00 bits per heavy atom. The lowest BCUT2D eigenvalue weighted by Gasteiger charge is -2.41. The van der Waals surface area contributed by atoms with Crippen LogP contribution in [0.2, 0.25) is 4.34 Å². The van der Waals surface area contributed by atoms with Gasteiger partial charge in [-0.25, -0.2) is 13.1 Å². The minimum Gasteiger partial charge on any atom is -0.379 e. The number of aliphatic imine (C=N–C) groups is 1. The van der Waals surface area contributed by atoms with E-state index in [9.17, 15) is 8.42 Å². The highest BCUT2D eigenvalue weighted by atomic mass is 35.5. The summed E-state index contributed by atoms with van der Waals surface area (Å²) in [4.78, 5) is 6.58. The number of hydrogen-bond acceptors (Lipinski definition) is 6. The van der Waals surface area contributed by atoms with Crippen LogP contribution in [0, 0.1) is 0 Å². The summed E-state index contributed by atoms with van der Waals surface area (Å²) in [6.45, 7) is 9.06. The summed E-state index contributed by atoms with van der Waals surface area (Å²) >= 11 is 6.83. The highest BCUT2D eigenvalue weighted by Gasteiger charge is 2.28. The second-order valence-corrected chi connectivity index (χ2v) is 10.4. The second-order valence-electron chi connectivity index (χ2n) is 6.72. The minimum atomic E-state index is -3.53. The second kappa shape index (κ2) is 10.0. The molecule has 1 aromatic rings. The number of ether oxygens (including phenoxy) is 1. The molecule has 1 aliphatic heterocycles. The number of morpholine rings is 1. The van der Waals surface area contributed by atoms with Crippen LogP contribution >= 0.6 is 22.9 Å². The SMILES string of the molecule is CN=C(NCCNS(=O)(=O)c1ccc(Cl)s1)NCC(C)(C)N1CCOCC1. The average Bonchev–Trinajstić information content (AvgIpc) is 3.09. The normalized spacial score (nSPS) is 17.1. The van der Waals surface area contributed by atoms with Crippen LogP contribution in [-0.2, 0) is 14.8 Å². The first-order chi connectivity index (χ1) is 12.7. The first kappa shape index (κ1) is 22.4. The summed E-state index contributed by atoms with van der Waals surface area (Å²) < 4.78 is 32.9. The van der Waals surface area contributed by atoms with E-state index in [-0.39, 0.29) is 16.3 Å². The van der Waals surface area contributed by atoms with Crippen molar-refractivity contribution in [3.05, 3.63) is 16.5 Å². The van der Waals surface area contributed by atoms with E-state index in [1.165, 1.54) is 6.07 Å². The van der Waals surface area contributed by atoms with Gasteiger partial charge < -0.3 is 15.4 Å². The first-order valence-corrected chi connectivity index (χ1v) is 11.4. The molecule has 8 nitrogen and oxygen atoms in total. The van der Waals surface area contributed by atoms with E-state index in [0.29, 0.717) is 23.4 Å². The van der Waals surface area contributed by atoms with Gasteiger partial charge in [0.1, 0.15) is 4.21 Å². The Hall–Kier alpha value is -0.910. The Balaban J connectivity index is 1.74. The number of sulfonamides is 1. The van der Waals surface area contributed by atoms with Gasteiger partial charge in [-0.2, -0.15) is 0 Å². The van der Waals surface area contributed by atoms with E-state index < -0.39 is 10.0 Å². The van der Waals surface area contributed by atoms with Gasteiger partial charge in [0.25, 0.3) is 0 Å². The summed E-state index contributed by atoms with van der Waals surface area (Å²) in [5.74, 6) is 0.634. The summed E-state index contributed by atoms with van der Waals surface area (Å²) in [7, 11) is -1.84.